The number of pyridine rings is 1. The molecule has 0 saturated carbocycles. The Morgan fingerprint density at radius 1 is 0.877 bits per heavy atom. The summed E-state index contributed by atoms with van der Waals surface area (Å²) in [5.74, 6) is 0.769. The smallest absolute Gasteiger partial charge is 0.411 e. The summed E-state index contributed by atoms with van der Waals surface area (Å²) in [6, 6.07) is 20.6. The number of amides is 1. The number of aryl methyl sites for hydroxylation is 2. The SMILES string of the molecule is CCS(=O)(=O)Nc1ccc(Oc2cccc(N3CC4(CN(COC(=O)N5CCCCC5)C4)C3)c2)c(-c2cn(C)c(=O)c3c2ccn3S(=O)(=O)c2ccc(C)cc2)c1. The van der Waals surface area contributed by atoms with Crippen molar-refractivity contribution in [1.29, 1.82) is 0 Å². The van der Waals surface area contributed by atoms with Crippen molar-refractivity contribution in [1.82, 2.24) is 18.3 Å². The van der Waals surface area contributed by atoms with Crippen LogP contribution in [0.15, 0.2) is 94.9 Å². The van der Waals surface area contributed by atoms with Gasteiger partial charge in [-0.1, -0.05) is 23.8 Å². The van der Waals surface area contributed by atoms with Crippen molar-refractivity contribution < 1.29 is 31.1 Å². The van der Waals surface area contributed by atoms with Crippen LogP contribution in [0, 0.1) is 12.3 Å². The summed E-state index contributed by atoms with van der Waals surface area (Å²) in [5.41, 5.74) is 2.63. The van der Waals surface area contributed by atoms with Gasteiger partial charge in [-0.3, -0.25) is 14.4 Å². The molecule has 0 atom stereocenters. The Morgan fingerprint density at radius 2 is 1.61 bits per heavy atom. The minimum absolute atomic E-state index is 0.0365. The molecule has 300 valence electrons. The molecular formula is C41H46N6O8S2. The zero-order valence-corrected chi connectivity index (χ0v) is 33.8. The Bertz CT molecular complexity index is 2620. The lowest BCUT2D eigenvalue weighted by molar-refractivity contribution is -0.0759. The fourth-order valence-corrected chi connectivity index (χ4v) is 10.0. The molecule has 0 aliphatic carbocycles. The van der Waals surface area contributed by atoms with Crippen molar-refractivity contribution in [3.63, 3.8) is 0 Å². The second-order valence-electron chi connectivity index (χ2n) is 15.4. The molecule has 14 nitrogen and oxygen atoms in total. The van der Waals surface area contributed by atoms with Crippen LogP contribution in [0.2, 0.25) is 0 Å². The van der Waals surface area contributed by atoms with Crippen LogP contribution in [-0.4, -0.2) is 93.0 Å². The number of anilines is 2. The number of hydrogen-bond acceptors (Lipinski definition) is 10. The highest BCUT2D eigenvalue weighted by Crippen LogP contribution is 2.44. The summed E-state index contributed by atoms with van der Waals surface area (Å²) in [5, 5.41) is 0.351. The summed E-state index contributed by atoms with van der Waals surface area (Å²) < 4.78 is 70.1. The van der Waals surface area contributed by atoms with Crippen LogP contribution < -0.4 is 19.9 Å². The quantitative estimate of drug-likeness (QED) is 0.173. The maximum Gasteiger partial charge on any atom is 0.411 e. The van der Waals surface area contributed by atoms with E-state index in [0.717, 1.165) is 73.8 Å². The van der Waals surface area contributed by atoms with Gasteiger partial charge in [-0.2, -0.15) is 0 Å². The number of piperidine rings is 1. The predicted octanol–water partition coefficient (Wildman–Crippen LogP) is 5.81. The van der Waals surface area contributed by atoms with Gasteiger partial charge in [0.2, 0.25) is 10.0 Å². The summed E-state index contributed by atoms with van der Waals surface area (Å²) in [6.45, 7) is 8.63. The number of ether oxygens (including phenoxy) is 2. The molecule has 16 heteroatoms. The molecule has 1 spiro atoms. The van der Waals surface area contributed by atoms with Crippen molar-refractivity contribution in [2.24, 2.45) is 12.5 Å². The number of nitrogens with one attached hydrogen (secondary N) is 1. The van der Waals surface area contributed by atoms with E-state index in [1.165, 1.54) is 36.9 Å². The van der Waals surface area contributed by atoms with Crippen LogP contribution in [0.3, 0.4) is 0 Å². The number of rotatable bonds is 11. The molecule has 3 aliphatic heterocycles. The minimum atomic E-state index is -4.15. The van der Waals surface area contributed by atoms with Gasteiger partial charge in [0.25, 0.3) is 15.6 Å². The second-order valence-corrected chi connectivity index (χ2v) is 19.2. The number of fused-ring (bicyclic) bond motifs is 1. The lowest BCUT2D eigenvalue weighted by atomic mass is 9.73. The second kappa shape index (κ2) is 14.9. The van der Waals surface area contributed by atoms with Crippen molar-refractivity contribution in [2.75, 3.05) is 61.4 Å². The molecule has 0 bridgehead atoms. The number of benzene rings is 3. The van der Waals surface area contributed by atoms with Gasteiger partial charge in [-0.25, -0.2) is 25.6 Å². The molecule has 3 saturated heterocycles. The molecule has 0 radical (unpaired) electrons. The predicted molar refractivity (Wildman–Crippen MR) is 219 cm³/mol. The molecule has 2 aromatic heterocycles. The molecule has 3 aliphatic rings. The third-order valence-corrected chi connectivity index (χ3v) is 14.1. The average molecular weight is 815 g/mol. The van der Waals surface area contributed by atoms with Crippen molar-refractivity contribution >= 4 is 48.4 Å². The third kappa shape index (κ3) is 7.60. The van der Waals surface area contributed by atoms with Crippen molar-refractivity contribution in [3.8, 4) is 22.6 Å². The van der Waals surface area contributed by atoms with E-state index in [2.05, 4.69) is 14.5 Å². The Hall–Kier alpha value is -5.32. The van der Waals surface area contributed by atoms with Crippen molar-refractivity contribution in [2.45, 2.75) is 38.0 Å². The first-order valence-corrected chi connectivity index (χ1v) is 22.2. The van der Waals surface area contributed by atoms with Gasteiger partial charge in [0.05, 0.1) is 10.6 Å². The van der Waals surface area contributed by atoms with Crippen LogP contribution >= 0.6 is 0 Å². The summed E-state index contributed by atoms with van der Waals surface area (Å²) in [4.78, 5) is 32.4. The summed E-state index contributed by atoms with van der Waals surface area (Å²) in [7, 11) is -6.26. The molecule has 1 N–H and O–H groups in total. The van der Waals surface area contributed by atoms with E-state index in [1.807, 2.05) is 31.2 Å². The molecule has 0 unspecified atom stereocenters. The van der Waals surface area contributed by atoms with Gasteiger partial charge < -0.3 is 23.8 Å². The van der Waals surface area contributed by atoms with Crippen LogP contribution in [0.25, 0.3) is 22.0 Å². The number of aromatic nitrogens is 2. The monoisotopic (exact) mass is 814 g/mol. The molecule has 1 amide bonds. The van der Waals surface area contributed by atoms with Gasteiger partial charge >= 0.3 is 6.09 Å². The molecule has 5 aromatic rings. The molecule has 3 fully saturated rings. The zero-order valence-electron chi connectivity index (χ0n) is 32.2. The third-order valence-electron chi connectivity index (χ3n) is 11.1. The van der Waals surface area contributed by atoms with Crippen molar-refractivity contribution in [3.05, 3.63) is 101 Å². The molecule has 8 rings (SSSR count). The molecule has 3 aromatic carbocycles. The molecule has 57 heavy (non-hydrogen) atoms. The van der Waals surface area contributed by atoms with E-state index in [4.69, 9.17) is 9.47 Å². The molecular weight excluding hydrogens is 769 g/mol. The van der Waals surface area contributed by atoms with E-state index in [0.29, 0.717) is 34.7 Å². The Morgan fingerprint density at radius 3 is 2.33 bits per heavy atom. The highest BCUT2D eigenvalue weighted by atomic mass is 32.2. The topological polar surface area (TPSA) is 152 Å². The Kier molecular flexibility index (Phi) is 10.1. The number of nitrogens with zero attached hydrogens (tertiary/aromatic N) is 5. The summed E-state index contributed by atoms with van der Waals surface area (Å²) in [6.07, 6.45) is 5.94. The van der Waals surface area contributed by atoms with Gasteiger partial charge in [0.15, 0.2) is 0 Å². The maximum absolute atomic E-state index is 13.9. The average Bonchev–Trinajstić information content (AvgIpc) is 3.63. The van der Waals surface area contributed by atoms with E-state index < -0.39 is 25.6 Å². The van der Waals surface area contributed by atoms with E-state index in [-0.39, 0.29) is 33.4 Å². The van der Waals surface area contributed by atoms with Gasteiger partial charge in [0, 0.05) is 98.1 Å². The fraction of sp³-hybridized carbons (Fsp3) is 0.366. The van der Waals surface area contributed by atoms with Gasteiger partial charge in [-0.05, 0) is 81.6 Å². The van der Waals surface area contributed by atoms with Crippen LogP contribution in [0.1, 0.15) is 31.7 Å². The largest absolute Gasteiger partial charge is 0.457 e. The highest BCUT2D eigenvalue weighted by molar-refractivity contribution is 7.92. The van der Waals surface area contributed by atoms with Gasteiger partial charge in [-0.15, -0.1) is 0 Å². The lowest BCUT2D eigenvalue weighted by Crippen LogP contribution is -2.72. The number of carbonyl (C=O) groups excluding carboxylic acids is 1. The van der Waals surface area contributed by atoms with E-state index >= 15 is 0 Å². The highest BCUT2D eigenvalue weighted by Gasteiger charge is 2.52. The first-order valence-electron chi connectivity index (χ1n) is 19.1. The first kappa shape index (κ1) is 38.5. The number of hydrogen-bond donors (Lipinski definition) is 1. The minimum Gasteiger partial charge on any atom is -0.457 e. The maximum atomic E-state index is 13.9. The lowest BCUT2D eigenvalue weighted by Gasteiger charge is -2.60. The standard InChI is InChI=1S/C41H46N6O8S2/c1-4-56(50,51)42-30-13-16-37(35(21-30)36-23-43(3)39(48)38-34(36)17-20-47(38)57(52,53)33-14-11-29(2)12-15-33)55-32-10-8-9-31(22-32)46-26-41(27-46)24-44(25-41)28-54-40(49)45-18-6-5-7-19-45/h8-17,20-23,42H,4-7,18-19,24-28H2,1-3H3. The normalized spacial score (nSPS) is 17.0. The number of likely N-dealkylation sites (tertiary alicyclic amines) is 2. The van der Waals surface area contributed by atoms with E-state index in [1.54, 1.807) is 47.5 Å². The van der Waals surface area contributed by atoms with Crippen LogP contribution in [0.4, 0.5) is 16.2 Å². The number of carbonyl (C=O) groups is 1. The summed E-state index contributed by atoms with van der Waals surface area (Å²) >= 11 is 0. The zero-order chi connectivity index (χ0) is 40.1. The first-order chi connectivity index (χ1) is 27.2. The molecule has 5 heterocycles. The Labute approximate surface area is 332 Å². The van der Waals surface area contributed by atoms with E-state index in [9.17, 15) is 26.4 Å². The Balaban J connectivity index is 1.05. The van der Waals surface area contributed by atoms with Crippen LogP contribution in [-0.2, 0) is 31.8 Å². The van der Waals surface area contributed by atoms with Crippen LogP contribution in [0.5, 0.6) is 11.5 Å². The van der Waals surface area contributed by atoms with Gasteiger partial charge in [0.1, 0.15) is 23.7 Å². The fourth-order valence-electron chi connectivity index (χ4n) is 8.04. The number of sulfonamides is 1.